The van der Waals surface area contributed by atoms with Crippen LogP contribution in [0.25, 0.3) is 0 Å². The van der Waals surface area contributed by atoms with Gasteiger partial charge in [-0.05, 0) is 128 Å². The molecule has 0 heterocycles. The van der Waals surface area contributed by atoms with E-state index in [4.69, 9.17) is 62.3 Å². The van der Waals surface area contributed by atoms with Gasteiger partial charge in [0, 0.05) is 17.8 Å². The molecular formula is C55H82N6O17. The molecule has 0 fully saturated rings. The van der Waals surface area contributed by atoms with Crippen LogP contribution in [0.15, 0.2) is 93.3 Å². The fraction of sp³-hybridized carbons (Fsp3) is 0.600. The van der Waals surface area contributed by atoms with E-state index >= 15 is 0 Å². The molecule has 0 radical (unpaired) electrons. The minimum absolute atomic E-state index is 0.0167. The highest BCUT2D eigenvalue weighted by atomic mass is 16.6. The van der Waals surface area contributed by atoms with E-state index in [1.54, 1.807) is 48.5 Å². The van der Waals surface area contributed by atoms with Crippen LogP contribution in [-0.4, -0.2) is 188 Å². The van der Waals surface area contributed by atoms with Crippen LogP contribution in [0.2, 0.25) is 0 Å². The van der Waals surface area contributed by atoms with Gasteiger partial charge in [0.1, 0.15) is 18.1 Å². The summed E-state index contributed by atoms with van der Waals surface area (Å²) in [6.07, 6.45) is -0.0728. The predicted molar refractivity (Wildman–Crippen MR) is 289 cm³/mol. The first-order valence-corrected chi connectivity index (χ1v) is 26.2. The first-order chi connectivity index (χ1) is 37.6. The molecule has 3 aromatic carbocycles. The molecule has 0 aliphatic carbocycles. The number of ether oxygens (including phenoxy) is 11. The van der Waals surface area contributed by atoms with Gasteiger partial charge in [-0.3, -0.25) is 19.2 Å². The number of Topliss-reactive ketones (excluding diaryl/α,β-unsaturated/α-hetero) is 2. The van der Waals surface area contributed by atoms with Gasteiger partial charge in [0.05, 0.1) is 147 Å². The number of ketones is 2. The Morgan fingerprint density at radius 1 is 0.423 bits per heavy atom. The number of benzene rings is 3. The van der Waals surface area contributed by atoms with Crippen molar-refractivity contribution >= 4 is 46.1 Å². The maximum Gasteiger partial charge on any atom is 0.258 e. The normalized spacial score (nSPS) is 14.8. The number of nitrogens with one attached hydrogen (secondary N) is 2. The molecule has 0 saturated heterocycles. The van der Waals surface area contributed by atoms with E-state index in [2.05, 4.69) is 31.1 Å². The number of aliphatic hydroxyl groups is 2. The summed E-state index contributed by atoms with van der Waals surface area (Å²) in [7, 11) is 0. The van der Waals surface area contributed by atoms with Crippen LogP contribution in [0.1, 0.15) is 61.8 Å². The lowest BCUT2D eigenvalue weighted by molar-refractivity contribution is -0.127. The lowest BCUT2D eigenvalue weighted by atomic mass is 10.2. The predicted octanol–water partition coefficient (Wildman–Crippen LogP) is 6.66. The SMILES string of the molecule is CC(=O)C(N=Nc1ccc(OCCOCC(C)OCC(C)OCC(C)OCCOCCO)cc1)C(=O)Nc1ccc(NC(=O)C(N=Nc2ccc(OCCC(C)OCC(C)OCC(C)OCCOCCO)cc2)C(C)=O)cc1. The number of hydrogen-bond acceptors (Lipinski definition) is 21. The van der Waals surface area contributed by atoms with Crippen LogP contribution >= 0.6 is 0 Å². The number of amides is 2. The first kappa shape index (κ1) is 66.6. The molecule has 4 N–H and O–H groups in total. The van der Waals surface area contributed by atoms with Crippen molar-refractivity contribution in [3.8, 4) is 11.5 Å². The Morgan fingerprint density at radius 2 is 0.782 bits per heavy atom. The highest BCUT2D eigenvalue weighted by Gasteiger charge is 2.25. The molecule has 0 saturated carbocycles. The molecule has 434 valence electrons. The standard InChI is InChI=1S/C55H82N6O17/c1-38(75-36-42(5)77-34-40(3)71-30-27-68-25-22-62)21-24-73-50-17-13-48(14-18-50)58-60-52(44(7)64)54(66)56-46-9-11-47(12-10-46)57-55(67)53(45(8)65)61-59-49-15-19-51(20-16-49)74-32-29-70-33-39(2)76-37-43(6)78-35-41(4)72-31-28-69-26-23-63/h9-20,38-43,52-53,62-63H,21-37H2,1-8H3,(H,56,66)(H,57,67). The van der Waals surface area contributed by atoms with E-state index in [1.165, 1.54) is 38.1 Å². The number of carbonyl (C=O) groups excluding carboxylic acids is 4. The molecule has 0 aromatic heterocycles. The van der Waals surface area contributed by atoms with E-state index in [-0.39, 0.29) is 69.7 Å². The van der Waals surface area contributed by atoms with Crippen LogP contribution in [0.3, 0.4) is 0 Å². The third-order valence-electron chi connectivity index (χ3n) is 10.8. The molecule has 0 aliphatic rings. The fourth-order valence-corrected chi connectivity index (χ4v) is 6.44. The summed E-state index contributed by atoms with van der Waals surface area (Å²) in [5.74, 6) is -1.32. The lowest BCUT2D eigenvalue weighted by Gasteiger charge is -2.20. The third kappa shape index (κ3) is 29.9. The highest BCUT2D eigenvalue weighted by molar-refractivity contribution is 6.11. The molecule has 0 bridgehead atoms. The largest absolute Gasteiger partial charge is 0.493 e. The van der Waals surface area contributed by atoms with E-state index in [1.807, 2.05) is 41.5 Å². The number of anilines is 2. The molecule has 3 aromatic rings. The monoisotopic (exact) mass is 1100 g/mol. The Morgan fingerprint density at radius 3 is 1.18 bits per heavy atom. The van der Waals surface area contributed by atoms with Gasteiger partial charge in [0.2, 0.25) is 12.1 Å². The van der Waals surface area contributed by atoms with Crippen LogP contribution in [0.5, 0.6) is 11.5 Å². The van der Waals surface area contributed by atoms with E-state index in [0.717, 1.165) is 0 Å². The second-order valence-corrected chi connectivity index (χ2v) is 18.2. The second-order valence-electron chi connectivity index (χ2n) is 18.2. The number of aliphatic hydroxyl groups excluding tert-OH is 2. The number of azo groups is 2. The first-order valence-electron chi connectivity index (χ1n) is 26.2. The summed E-state index contributed by atoms with van der Waals surface area (Å²) < 4.78 is 62.3. The van der Waals surface area contributed by atoms with E-state index in [9.17, 15) is 19.2 Å². The maximum atomic E-state index is 13.1. The van der Waals surface area contributed by atoms with Crippen LogP contribution in [0.4, 0.5) is 22.7 Å². The van der Waals surface area contributed by atoms with Crippen molar-refractivity contribution in [3.63, 3.8) is 0 Å². The summed E-state index contributed by atoms with van der Waals surface area (Å²) in [6.45, 7) is 19.3. The van der Waals surface area contributed by atoms with Crippen molar-refractivity contribution in [1.29, 1.82) is 0 Å². The van der Waals surface area contributed by atoms with Gasteiger partial charge in [-0.2, -0.15) is 20.5 Å². The van der Waals surface area contributed by atoms with Gasteiger partial charge in [-0.25, -0.2) is 0 Å². The third-order valence-corrected chi connectivity index (χ3v) is 10.8. The molecule has 23 nitrogen and oxygen atoms in total. The zero-order valence-electron chi connectivity index (χ0n) is 46.4. The minimum atomic E-state index is -1.43. The van der Waals surface area contributed by atoms with E-state index in [0.29, 0.717) is 113 Å². The van der Waals surface area contributed by atoms with Crippen LogP contribution in [-0.2, 0) is 61.8 Å². The van der Waals surface area contributed by atoms with Gasteiger partial charge in [-0.15, -0.1) is 0 Å². The zero-order valence-corrected chi connectivity index (χ0v) is 46.4. The molecule has 0 aliphatic heterocycles. The summed E-state index contributed by atoms with van der Waals surface area (Å²) in [4.78, 5) is 51.2. The van der Waals surface area contributed by atoms with Gasteiger partial charge in [-0.1, -0.05) is 0 Å². The van der Waals surface area contributed by atoms with Gasteiger partial charge < -0.3 is 73.0 Å². The number of carbonyl (C=O) groups is 4. The van der Waals surface area contributed by atoms with Gasteiger partial charge in [0.15, 0.2) is 11.6 Å². The summed E-state index contributed by atoms with van der Waals surface area (Å²) in [5, 5.41) is 39.0. The lowest BCUT2D eigenvalue weighted by Crippen LogP contribution is -2.32. The fourth-order valence-electron chi connectivity index (χ4n) is 6.44. The second kappa shape index (κ2) is 39.6. The summed E-state index contributed by atoms with van der Waals surface area (Å²) >= 11 is 0. The van der Waals surface area contributed by atoms with Crippen molar-refractivity contribution in [3.05, 3.63) is 72.8 Å². The maximum absolute atomic E-state index is 13.1. The zero-order chi connectivity index (χ0) is 56.9. The highest BCUT2D eigenvalue weighted by Crippen LogP contribution is 2.22. The number of nitrogens with zero attached hydrogens (tertiary/aromatic N) is 4. The average Bonchev–Trinajstić information content (AvgIpc) is 3.42. The Balaban J connectivity index is 1.35. The quantitative estimate of drug-likeness (QED) is 0.0262. The van der Waals surface area contributed by atoms with Crippen molar-refractivity contribution in [1.82, 2.24) is 0 Å². The Bertz CT molecular complexity index is 2190. The molecule has 0 spiro atoms. The molecule has 23 heteroatoms. The smallest absolute Gasteiger partial charge is 0.258 e. The molecule has 78 heavy (non-hydrogen) atoms. The number of rotatable bonds is 44. The summed E-state index contributed by atoms with van der Waals surface area (Å²) in [6, 6.07) is 16.5. The van der Waals surface area contributed by atoms with Gasteiger partial charge in [0.25, 0.3) is 11.8 Å². The molecule has 8 unspecified atom stereocenters. The van der Waals surface area contributed by atoms with Crippen LogP contribution in [0, 0.1) is 0 Å². The average molecular weight is 1100 g/mol. The van der Waals surface area contributed by atoms with Crippen molar-refractivity contribution in [2.24, 2.45) is 20.5 Å². The number of hydrogen-bond donors (Lipinski definition) is 4. The molecule has 2 amide bonds. The Hall–Kier alpha value is -5.70. The van der Waals surface area contributed by atoms with Crippen molar-refractivity contribution in [2.45, 2.75) is 111 Å². The van der Waals surface area contributed by atoms with Gasteiger partial charge >= 0.3 is 0 Å². The summed E-state index contributed by atoms with van der Waals surface area (Å²) in [5.41, 5.74) is 1.43. The van der Waals surface area contributed by atoms with E-state index < -0.39 is 35.5 Å². The topological polar surface area (TPSA) is 284 Å². The Labute approximate surface area is 458 Å². The molecule has 3 rings (SSSR count). The Kier molecular flexibility index (Phi) is 33.8. The molecule has 8 atom stereocenters. The molecular weight excluding hydrogens is 1020 g/mol. The van der Waals surface area contributed by atoms with Crippen LogP contribution < -0.4 is 20.1 Å². The minimum Gasteiger partial charge on any atom is -0.493 e. The van der Waals surface area contributed by atoms with Crippen molar-refractivity contribution in [2.75, 3.05) is 116 Å². The van der Waals surface area contributed by atoms with Crippen molar-refractivity contribution < 1.29 is 81.5 Å².